The summed E-state index contributed by atoms with van der Waals surface area (Å²) in [4.78, 5) is 2.49. The van der Waals surface area contributed by atoms with E-state index < -0.39 is 0 Å². The monoisotopic (exact) mass is 237 g/mol. The summed E-state index contributed by atoms with van der Waals surface area (Å²) in [7, 11) is 0. The molecule has 0 aliphatic rings. The van der Waals surface area contributed by atoms with Gasteiger partial charge in [0, 0.05) is 24.5 Å². The number of thioether (sulfide) groups is 1. The van der Waals surface area contributed by atoms with E-state index in [9.17, 15) is 0 Å². The van der Waals surface area contributed by atoms with Gasteiger partial charge in [0.05, 0.1) is 0 Å². The standard InChI is InChI=1S/C14H23NS/c1-4-10-15(11-12-16-5-2)14-8-6-13(3)7-9-14/h6-9H,4-5,10-12H2,1-3H3. The zero-order valence-electron chi connectivity index (χ0n) is 10.7. The molecule has 0 aliphatic heterocycles. The van der Waals surface area contributed by atoms with Gasteiger partial charge in [0.15, 0.2) is 0 Å². The van der Waals surface area contributed by atoms with E-state index in [0.717, 1.165) is 13.1 Å². The average molecular weight is 237 g/mol. The van der Waals surface area contributed by atoms with Gasteiger partial charge in [-0.05, 0) is 31.2 Å². The second-order valence-electron chi connectivity index (χ2n) is 4.02. The first-order valence-corrected chi connectivity index (χ1v) is 7.32. The van der Waals surface area contributed by atoms with Gasteiger partial charge >= 0.3 is 0 Å². The lowest BCUT2D eigenvalue weighted by Gasteiger charge is -2.24. The summed E-state index contributed by atoms with van der Waals surface area (Å²) in [5, 5.41) is 0. The number of rotatable bonds is 7. The van der Waals surface area contributed by atoms with Crippen molar-refractivity contribution < 1.29 is 0 Å². The fourth-order valence-electron chi connectivity index (χ4n) is 1.71. The number of hydrogen-bond donors (Lipinski definition) is 0. The first-order valence-electron chi connectivity index (χ1n) is 6.17. The molecular weight excluding hydrogens is 214 g/mol. The van der Waals surface area contributed by atoms with E-state index in [-0.39, 0.29) is 0 Å². The van der Waals surface area contributed by atoms with Gasteiger partial charge in [-0.1, -0.05) is 31.5 Å². The molecule has 0 amide bonds. The van der Waals surface area contributed by atoms with Gasteiger partial charge in [-0.25, -0.2) is 0 Å². The molecule has 0 unspecified atom stereocenters. The topological polar surface area (TPSA) is 3.24 Å². The largest absolute Gasteiger partial charge is 0.371 e. The Morgan fingerprint density at radius 1 is 1.06 bits per heavy atom. The molecule has 90 valence electrons. The van der Waals surface area contributed by atoms with E-state index in [0.29, 0.717) is 0 Å². The predicted octanol–water partition coefficient (Wildman–Crippen LogP) is 3.96. The third kappa shape index (κ3) is 4.48. The summed E-state index contributed by atoms with van der Waals surface area (Å²) in [6, 6.07) is 8.87. The molecule has 0 saturated carbocycles. The summed E-state index contributed by atoms with van der Waals surface area (Å²) in [6.45, 7) is 8.93. The van der Waals surface area contributed by atoms with E-state index in [4.69, 9.17) is 0 Å². The molecule has 0 aromatic heterocycles. The third-order valence-electron chi connectivity index (χ3n) is 2.60. The van der Waals surface area contributed by atoms with Crippen LogP contribution in [0.5, 0.6) is 0 Å². The predicted molar refractivity (Wildman–Crippen MR) is 76.7 cm³/mol. The van der Waals surface area contributed by atoms with E-state index >= 15 is 0 Å². The van der Waals surface area contributed by atoms with Crippen molar-refractivity contribution in [3.8, 4) is 0 Å². The zero-order chi connectivity index (χ0) is 11.8. The van der Waals surface area contributed by atoms with E-state index in [2.05, 4.69) is 49.9 Å². The Labute approximate surface area is 104 Å². The molecule has 0 N–H and O–H groups in total. The Balaban J connectivity index is 2.57. The Morgan fingerprint density at radius 3 is 2.31 bits per heavy atom. The van der Waals surface area contributed by atoms with Crippen molar-refractivity contribution in [2.45, 2.75) is 27.2 Å². The number of benzene rings is 1. The maximum atomic E-state index is 2.49. The summed E-state index contributed by atoms with van der Waals surface area (Å²) < 4.78 is 0. The molecule has 1 rings (SSSR count). The van der Waals surface area contributed by atoms with Gasteiger partial charge in [0.2, 0.25) is 0 Å². The van der Waals surface area contributed by atoms with Gasteiger partial charge in [-0.2, -0.15) is 11.8 Å². The van der Waals surface area contributed by atoms with Crippen LogP contribution >= 0.6 is 11.8 Å². The molecule has 2 heteroatoms. The third-order valence-corrected chi connectivity index (χ3v) is 3.48. The number of hydrogen-bond acceptors (Lipinski definition) is 2. The van der Waals surface area contributed by atoms with Crippen LogP contribution in [0.1, 0.15) is 25.8 Å². The molecule has 0 saturated heterocycles. The first kappa shape index (κ1) is 13.4. The number of aryl methyl sites for hydroxylation is 1. The average Bonchev–Trinajstić information content (AvgIpc) is 2.29. The Hall–Kier alpha value is -0.630. The van der Waals surface area contributed by atoms with Crippen molar-refractivity contribution in [2.24, 2.45) is 0 Å². The van der Waals surface area contributed by atoms with Crippen molar-refractivity contribution in [1.82, 2.24) is 0 Å². The van der Waals surface area contributed by atoms with Crippen LogP contribution in [-0.2, 0) is 0 Å². The maximum absolute atomic E-state index is 2.49. The Kier molecular flexibility index (Phi) is 6.39. The minimum atomic E-state index is 1.16. The lowest BCUT2D eigenvalue weighted by Crippen LogP contribution is -2.26. The quantitative estimate of drug-likeness (QED) is 0.660. The highest BCUT2D eigenvalue weighted by molar-refractivity contribution is 7.99. The summed E-state index contributed by atoms with van der Waals surface area (Å²) in [6.07, 6.45) is 1.21. The molecule has 0 bridgehead atoms. The van der Waals surface area contributed by atoms with Crippen molar-refractivity contribution >= 4 is 17.4 Å². The maximum Gasteiger partial charge on any atom is 0.0366 e. The molecule has 0 spiro atoms. The summed E-state index contributed by atoms with van der Waals surface area (Å²) in [5.74, 6) is 2.44. The second-order valence-corrected chi connectivity index (χ2v) is 5.41. The van der Waals surface area contributed by atoms with Crippen LogP contribution < -0.4 is 4.90 Å². The normalized spacial score (nSPS) is 10.4. The fraction of sp³-hybridized carbons (Fsp3) is 0.571. The highest BCUT2D eigenvalue weighted by Gasteiger charge is 2.04. The van der Waals surface area contributed by atoms with E-state index in [1.54, 1.807) is 0 Å². The van der Waals surface area contributed by atoms with Gasteiger partial charge in [0.1, 0.15) is 0 Å². The molecule has 0 aliphatic carbocycles. The van der Waals surface area contributed by atoms with Crippen molar-refractivity contribution in [1.29, 1.82) is 0 Å². The molecule has 1 aromatic carbocycles. The van der Waals surface area contributed by atoms with E-state index in [1.165, 1.54) is 29.2 Å². The lowest BCUT2D eigenvalue weighted by molar-refractivity contribution is 0.795. The molecule has 0 fully saturated rings. The van der Waals surface area contributed by atoms with Crippen LogP contribution in [0.4, 0.5) is 5.69 Å². The fourth-order valence-corrected chi connectivity index (χ4v) is 2.35. The van der Waals surface area contributed by atoms with Gasteiger partial charge < -0.3 is 4.90 Å². The second kappa shape index (κ2) is 7.61. The Bertz CT molecular complexity index is 281. The molecule has 16 heavy (non-hydrogen) atoms. The number of anilines is 1. The van der Waals surface area contributed by atoms with Gasteiger partial charge in [-0.3, -0.25) is 0 Å². The van der Waals surface area contributed by atoms with Crippen molar-refractivity contribution in [3.05, 3.63) is 29.8 Å². The minimum Gasteiger partial charge on any atom is -0.371 e. The van der Waals surface area contributed by atoms with Crippen LogP contribution in [0.25, 0.3) is 0 Å². The SMILES string of the molecule is CCCN(CCSCC)c1ccc(C)cc1. The van der Waals surface area contributed by atoms with Crippen LogP contribution in [0.2, 0.25) is 0 Å². The molecule has 0 atom stereocenters. The number of nitrogens with zero attached hydrogens (tertiary/aromatic N) is 1. The first-order chi connectivity index (χ1) is 7.77. The molecular formula is C14H23NS. The van der Waals surface area contributed by atoms with Gasteiger partial charge in [-0.15, -0.1) is 0 Å². The van der Waals surface area contributed by atoms with Crippen LogP contribution in [-0.4, -0.2) is 24.6 Å². The van der Waals surface area contributed by atoms with Crippen LogP contribution in [0.3, 0.4) is 0 Å². The minimum absolute atomic E-state index is 1.16. The molecule has 0 radical (unpaired) electrons. The smallest absolute Gasteiger partial charge is 0.0366 e. The van der Waals surface area contributed by atoms with Crippen LogP contribution in [0, 0.1) is 6.92 Å². The highest BCUT2D eigenvalue weighted by Crippen LogP contribution is 2.16. The summed E-state index contributed by atoms with van der Waals surface area (Å²) >= 11 is 2.02. The molecule has 0 heterocycles. The molecule has 1 nitrogen and oxygen atoms in total. The Morgan fingerprint density at radius 2 is 1.75 bits per heavy atom. The highest BCUT2D eigenvalue weighted by atomic mass is 32.2. The lowest BCUT2D eigenvalue weighted by atomic mass is 10.2. The van der Waals surface area contributed by atoms with Crippen molar-refractivity contribution in [2.75, 3.05) is 29.5 Å². The van der Waals surface area contributed by atoms with Gasteiger partial charge in [0.25, 0.3) is 0 Å². The van der Waals surface area contributed by atoms with E-state index in [1.807, 2.05) is 11.8 Å². The van der Waals surface area contributed by atoms with Crippen LogP contribution in [0.15, 0.2) is 24.3 Å². The summed E-state index contributed by atoms with van der Waals surface area (Å²) in [5.41, 5.74) is 2.70. The molecule has 1 aromatic rings. The van der Waals surface area contributed by atoms with Crippen molar-refractivity contribution in [3.63, 3.8) is 0 Å². The zero-order valence-corrected chi connectivity index (χ0v) is 11.5.